The van der Waals surface area contributed by atoms with Gasteiger partial charge >= 0.3 is 0 Å². The van der Waals surface area contributed by atoms with Gasteiger partial charge in [-0.25, -0.2) is 17.9 Å². The van der Waals surface area contributed by atoms with Gasteiger partial charge in [0, 0.05) is 55.1 Å². The van der Waals surface area contributed by atoms with Crippen molar-refractivity contribution in [3.8, 4) is 0 Å². The van der Waals surface area contributed by atoms with Gasteiger partial charge in [-0.3, -0.25) is 9.52 Å². The molecule has 0 spiro atoms. The summed E-state index contributed by atoms with van der Waals surface area (Å²) < 4.78 is 28.1. The number of sulfonamides is 1. The Labute approximate surface area is 234 Å². The van der Waals surface area contributed by atoms with Crippen molar-refractivity contribution in [3.05, 3.63) is 52.3 Å². The molecule has 0 radical (unpaired) electrons. The van der Waals surface area contributed by atoms with Crippen molar-refractivity contribution >= 4 is 44.7 Å². The third kappa shape index (κ3) is 6.00. The van der Waals surface area contributed by atoms with Crippen molar-refractivity contribution in [2.24, 2.45) is 5.92 Å². The van der Waals surface area contributed by atoms with Crippen LogP contribution in [-0.2, 0) is 10.0 Å². The smallest absolute Gasteiger partial charge is 0.256 e. The van der Waals surface area contributed by atoms with Crippen molar-refractivity contribution in [2.75, 3.05) is 42.1 Å². The number of carbonyl (C=O) groups is 1. The Balaban J connectivity index is 1.46. The molecular formula is C27H36ClN7O3S. The summed E-state index contributed by atoms with van der Waals surface area (Å²) in [5.74, 6) is 1.21. The van der Waals surface area contributed by atoms with Crippen molar-refractivity contribution < 1.29 is 13.2 Å². The number of piperazine rings is 1. The van der Waals surface area contributed by atoms with Crippen molar-refractivity contribution in [1.82, 2.24) is 24.8 Å². The molecule has 2 aliphatic rings. The van der Waals surface area contributed by atoms with Crippen LogP contribution in [0.15, 0.2) is 30.5 Å². The molecule has 2 aliphatic heterocycles. The number of carbonyl (C=O) groups excluding carboxylic acids is 1. The van der Waals surface area contributed by atoms with Crippen LogP contribution in [0, 0.1) is 12.8 Å². The average molecular weight is 574 g/mol. The highest BCUT2D eigenvalue weighted by atomic mass is 35.5. The number of benzene rings is 1. The van der Waals surface area contributed by atoms with Crippen molar-refractivity contribution in [3.63, 3.8) is 0 Å². The fourth-order valence-electron chi connectivity index (χ4n) is 5.54. The molecule has 210 valence electrons. The van der Waals surface area contributed by atoms with Crippen LogP contribution in [-0.4, -0.2) is 72.3 Å². The maximum absolute atomic E-state index is 13.8. The van der Waals surface area contributed by atoms with E-state index in [-0.39, 0.29) is 23.2 Å². The number of likely N-dealkylation sites (tertiary alicyclic amines) is 1. The highest BCUT2D eigenvalue weighted by molar-refractivity contribution is 7.92. The fourth-order valence-corrected chi connectivity index (χ4v) is 6.29. The highest BCUT2D eigenvalue weighted by Crippen LogP contribution is 2.34. The molecule has 39 heavy (non-hydrogen) atoms. The molecule has 0 aliphatic carbocycles. The van der Waals surface area contributed by atoms with E-state index in [9.17, 15) is 13.2 Å². The van der Waals surface area contributed by atoms with E-state index in [1.807, 2.05) is 12.3 Å². The predicted octanol–water partition coefficient (Wildman–Crippen LogP) is 3.86. The number of amides is 1. The number of anilines is 2. The molecule has 1 aromatic carbocycles. The quantitative estimate of drug-likeness (QED) is 0.460. The Hall–Kier alpha value is -2.89. The van der Waals surface area contributed by atoms with Gasteiger partial charge in [0.2, 0.25) is 10.0 Å². The minimum Gasteiger partial charge on any atom is -0.353 e. The second-order valence-corrected chi connectivity index (χ2v) is 13.1. The van der Waals surface area contributed by atoms with Gasteiger partial charge in [0.15, 0.2) is 5.65 Å². The number of fused-ring (bicyclic) bond motifs is 1. The number of nitrogens with one attached hydrogen (secondary N) is 2. The molecule has 1 unspecified atom stereocenters. The standard InChI is InChI=1S/C27H36ClN7O3S/c1-17(2)23-16-33(12-10-29-23)26-18(3)15-35-25(30-26)14-22(31-35)24-7-5-6-11-34(24)27(36)20-13-19(28)8-9-21(20)32-39(4,37)38/h8-9,13-15,17,23-24,29,32H,5-7,10-12,16H2,1-4H3/t23?,24-/m0/s1. The zero-order chi connectivity index (χ0) is 27.9. The molecule has 0 saturated carbocycles. The van der Waals surface area contributed by atoms with E-state index in [2.05, 4.69) is 35.7 Å². The minimum atomic E-state index is -3.58. The van der Waals surface area contributed by atoms with Crippen LogP contribution in [0.2, 0.25) is 5.02 Å². The normalized spacial score (nSPS) is 20.6. The van der Waals surface area contributed by atoms with Crippen LogP contribution < -0.4 is 14.9 Å². The molecule has 2 fully saturated rings. The van der Waals surface area contributed by atoms with E-state index in [1.54, 1.807) is 15.5 Å². The second-order valence-electron chi connectivity index (χ2n) is 10.9. The Bertz CT molecular complexity index is 1490. The SMILES string of the molecule is Cc1cn2nc([C@@H]3CCCCN3C(=O)c3cc(Cl)ccc3NS(C)(=O)=O)cc2nc1N1CCNC(C(C)C)C1. The molecule has 2 aromatic heterocycles. The topological polar surface area (TPSA) is 112 Å². The summed E-state index contributed by atoms with van der Waals surface area (Å²) >= 11 is 6.22. The first-order chi connectivity index (χ1) is 18.5. The molecule has 0 bridgehead atoms. The van der Waals surface area contributed by atoms with Gasteiger partial charge in [-0.2, -0.15) is 5.10 Å². The maximum Gasteiger partial charge on any atom is 0.256 e. The van der Waals surface area contributed by atoms with Gasteiger partial charge in [-0.1, -0.05) is 25.4 Å². The zero-order valence-corrected chi connectivity index (χ0v) is 24.4. The predicted molar refractivity (Wildman–Crippen MR) is 154 cm³/mol. The molecule has 5 rings (SSSR count). The number of rotatable bonds is 6. The number of nitrogens with zero attached hydrogens (tertiary/aromatic N) is 5. The Kier molecular flexibility index (Phi) is 7.76. The Morgan fingerprint density at radius 2 is 2.00 bits per heavy atom. The maximum atomic E-state index is 13.8. The highest BCUT2D eigenvalue weighted by Gasteiger charge is 2.32. The molecule has 4 heterocycles. The van der Waals surface area contributed by atoms with Crippen LogP contribution in [0.3, 0.4) is 0 Å². The molecular weight excluding hydrogens is 538 g/mol. The van der Waals surface area contributed by atoms with Gasteiger partial charge < -0.3 is 15.1 Å². The van der Waals surface area contributed by atoms with E-state index < -0.39 is 10.0 Å². The summed E-state index contributed by atoms with van der Waals surface area (Å²) in [6.07, 6.45) is 5.63. The van der Waals surface area contributed by atoms with Gasteiger partial charge in [0.25, 0.3) is 5.91 Å². The lowest BCUT2D eigenvalue weighted by Crippen LogP contribution is -2.53. The summed E-state index contributed by atoms with van der Waals surface area (Å²) in [4.78, 5) is 23.0. The van der Waals surface area contributed by atoms with Crippen LogP contribution in [0.5, 0.6) is 0 Å². The first kappa shape index (κ1) is 27.7. The Morgan fingerprint density at radius 3 is 2.74 bits per heavy atom. The number of piperidine rings is 1. The largest absolute Gasteiger partial charge is 0.353 e. The lowest BCUT2D eigenvalue weighted by atomic mass is 9.98. The summed E-state index contributed by atoms with van der Waals surface area (Å²) in [5.41, 5.74) is 2.99. The molecule has 2 saturated heterocycles. The van der Waals surface area contributed by atoms with Gasteiger partial charge in [0.1, 0.15) is 5.82 Å². The van der Waals surface area contributed by atoms with E-state index in [4.69, 9.17) is 21.7 Å². The van der Waals surface area contributed by atoms with E-state index in [1.165, 1.54) is 12.1 Å². The third-order valence-electron chi connectivity index (χ3n) is 7.55. The molecule has 10 nitrogen and oxygen atoms in total. The van der Waals surface area contributed by atoms with E-state index >= 15 is 0 Å². The number of hydrogen-bond donors (Lipinski definition) is 2. The third-order valence-corrected chi connectivity index (χ3v) is 8.37. The summed E-state index contributed by atoms with van der Waals surface area (Å²) in [6.45, 7) is 9.76. The van der Waals surface area contributed by atoms with Gasteiger partial charge in [-0.05, 0) is 50.3 Å². The second kappa shape index (κ2) is 10.9. The van der Waals surface area contributed by atoms with Crippen molar-refractivity contribution in [1.29, 1.82) is 0 Å². The first-order valence-corrected chi connectivity index (χ1v) is 15.7. The summed E-state index contributed by atoms with van der Waals surface area (Å²) in [6, 6.07) is 6.72. The zero-order valence-electron chi connectivity index (χ0n) is 22.8. The average Bonchev–Trinajstić information content (AvgIpc) is 3.30. The van der Waals surface area contributed by atoms with Crippen LogP contribution in [0.4, 0.5) is 11.5 Å². The Morgan fingerprint density at radius 1 is 1.21 bits per heavy atom. The number of hydrogen-bond acceptors (Lipinski definition) is 7. The van der Waals surface area contributed by atoms with Crippen molar-refractivity contribution in [2.45, 2.75) is 52.1 Å². The summed E-state index contributed by atoms with van der Waals surface area (Å²) in [5, 5.41) is 8.80. The fraction of sp³-hybridized carbons (Fsp3) is 0.519. The number of halogens is 1. The lowest BCUT2D eigenvalue weighted by molar-refractivity contribution is 0.0607. The lowest BCUT2D eigenvalue weighted by Gasteiger charge is -2.37. The summed E-state index contributed by atoms with van der Waals surface area (Å²) in [7, 11) is -3.58. The van der Waals surface area contributed by atoms with E-state index in [0.717, 1.165) is 67.9 Å². The minimum absolute atomic E-state index is 0.212. The molecule has 1 amide bonds. The van der Waals surface area contributed by atoms with Crippen LogP contribution >= 0.6 is 11.6 Å². The molecule has 2 atom stereocenters. The number of aromatic nitrogens is 3. The van der Waals surface area contributed by atoms with Gasteiger partial charge in [0.05, 0.1) is 29.2 Å². The molecule has 12 heteroatoms. The van der Waals surface area contributed by atoms with Crippen LogP contribution in [0.1, 0.15) is 60.8 Å². The van der Waals surface area contributed by atoms with E-state index in [0.29, 0.717) is 23.5 Å². The number of aryl methyl sites for hydroxylation is 1. The van der Waals surface area contributed by atoms with Gasteiger partial charge in [-0.15, -0.1) is 0 Å². The monoisotopic (exact) mass is 573 g/mol. The molecule has 3 aromatic rings. The first-order valence-electron chi connectivity index (χ1n) is 13.4. The molecule has 2 N–H and O–H groups in total. The van der Waals surface area contributed by atoms with Crippen LogP contribution in [0.25, 0.3) is 5.65 Å².